The number of hydrogen-bond donors (Lipinski definition) is 3. The van der Waals surface area contributed by atoms with E-state index in [2.05, 4.69) is 21.2 Å². The standard InChI is InChI=1S/C20H24N4O4/c1-20(2,11-17(25)22-15-6-8-16(28-3)9-7-15)12-18(26)23-24-19(27)14-5-4-10-21-13-14/h4-10,13H,11-12H2,1-3H3,(H,22,25)(H,23,26)(H,24,27). The number of pyridine rings is 1. The van der Waals surface area contributed by atoms with Gasteiger partial charge in [-0.2, -0.15) is 0 Å². The van der Waals surface area contributed by atoms with Gasteiger partial charge < -0.3 is 10.1 Å². The van der Waals surface area contributed by atoms with Crippen molar-refractivity contribution in [3.05, 3.63) is 54.4 Å². The average molecular weight is 384 g/mol. The molecule has 0 unspecified atom stereocenters. The Morgan fingerprint density at radius 1 is 1.00 bits per heavy atom. The fourth-order valence-electron chi connectivity index (χ4n) is 2.55. The van der Waals surface area contributed by atoms with E-state index in [9.17, 15) is 14.4 Å². The number of methoxy groups -OCH3 is 1. The fourth-order valence-corrected chi connectivity index (χ4v) is 2.55. The van der Waals surface area contributed by atoms with Gasteiger partial charge in [-0.05, 0) is 41.8 Å². The molecule has 0 fully saturated rings. The van der Waals surface area contributed by atoms with E-state index in [1.165, 1.54) is 6.20 Å². The summed E-state index contributed by atoms with van der Waals surface area (Å²) in [4.78, 5) is 40.1. The van der Waals surface area contributed by atoms with Crippen LogP contribution in [0.1, 0.15) is 37.0 Å². The lowest BCUT2D eigenvalue weighted by molar-refractivity contribution is -0.124. The number of hydrazine groups is 1. The minimum absolute atomic E-state index is 0.0658. The van der Waals surface area contributed by atoms with Crippen molar-refractivity contribution in [2.45, 2.75) is 26.7 Å². The van der Waals surface area contributed by atoms with Crippen molar-refractivity contribution in [1.82, 2.24) is 15.8 Å². The van der Waals surface area contributed by atoms with Gasteiger partial charge in [0.25, 0.3) is 5.91 Å². The van der Waals surface area contributed by atoms with Gasteiger partial charge in [0.05, 0.1) is 12.7 Å². The molecule has 148 valence electrons. The van der Waals surface area contributed by atoms with Gasteiger partial charge in [-0.3, -0.25) is 30.2 Å². The summed E-state index contributed by atoms with van der Waals surface area (Å²) >= 11 is 0. The van der Waals surface area contributed by atoms with Crippen LogP contribution in [-0.4, -0.2) is 29.8 Å². The summed E-state index contributed by atoms with van der Waals surface area (Å²) in [6, 6.07) is 10.2. The van der Waals surface area contributed by atoms with Crippen LogP contribution in [0.15, 0.2) is 48.8 Å². The van der Waals surface area contributed by atoms with Crippen molar-refractivity contribution >= 4 is 23.4 Å². The van der Waals surface area contributed by atoms with Crippen LogP contribution in [0.4, 0.5) is 5.69 Å². The highest BCUT2D eigenvalue weighted by atomic mass is 16.5. The van der Waals surface area contributed by atoms with Crippen LogP contribution in [0.2, 0.25) is 0 Å². The largest absolute Gasteiger partial charge is 0.497 e. The van der Waals surface area contributed by atoms with Crippen molar-refractivity contribution < 1.29 is 19.1 Å². The van der Waals surface area contributed by atoms with E-state index in [1.807, 2.05) is 13.8 Å². The first-order chi connectivity index (χ1) is 13.3. The molecule has 28 heavy (non-hydrogen) atoms. The van der Waals surface area contributed by atoms with Crippen molar-refractivity contribution in [1.29, 1.82) is 0 Å². The Morgan fingerprint density at radius 3 is 2.29 bits per heavy atom. The summed E-state index contributed by atoms with van der Waals surface area (Å²) in [5, 5.41) is 2.79. The predicted molar refractivity (Wildman–Crippen MR) is 104 cm³/mol. The molecule has 0 aliphatic rings. The SMILES string of the molecule is COc1ccc(NC(=O)CC(C)(C)CC(=O)NNC(=O)c2cccnc2)cc1. The van der Waals surface area contributed by atoms with E-state index in [4.69, 9.17) is 4.74 Å². The molecule has 0 saturated heterocycles. The second-order valence-electron chi connectivity index (χ2n) is 7.04. The Labute approximate surface area is 163 Å². The molecule has 8 heteroatoms. The third kappa shape index (κ3) is 6.71. The first-order valence-corrected chi connectivity index (χ1v) is 8.72. The van der Waals surface area contributed by atoms with E-state index in [1.54, 1.807) is 49.7 Å². The van der Waals surface area contributed by atoms with E-state index in [0.29, 0.717) is 17.0 Å². The lowest BCUT2D eigenvalue weighted by atomic mass is 9.85. The van der Waals surface area contributed by atoms with Gasteiger partial charge >= 0.3 is 0 Å². The zero-order valence-electron chi connectivity index (χ0n) is 16.1. The van der Waals surface area contributed by atoms with Crippen LogP contribution in [0.3, 0.4) is 0 Å². The monoisotopic (exact) mass is 384 g/mol. The normalized spacial score (nSPS) is 10.7. The van der Waals surface area contributed by atoms with Gasteiger partial charge in [0.1, 0.15) is 5.75 Å². The number of benzene rings is 1. The van der Waals surface area contributed by atoms with Crippen molar-refractivity contribution in [2.24, 2.45) is 5.41 Å². The third-order valence-corrected chi connectivity index (χ3v) is 3.89. The quantitative estimate of drug-likeness (QED) is 0.635. The number of ether oxygens (including phenoxy) is 1. The molecule has 0 aliphatic carbocycles. The van der Waals surface area contributed by atoms with Gasteiger partial charge in [0.2, 0.25) is 11.8 Å². The number of carbonyl (C=O) groups is 3. The highest BCUT2D eigenvalue weighted by Crippen LogP contribution is 2.26. The third-order valence-electron chi connectivity index (χ3n) is 3.89. The highest BCUT2D eigenvalue weighted by Gasteiger charge is 2.25. The molecule has 3 amide bonds. The van der Waals surface area contributed by atoms with Crippen molar-refractivity contribution in [2.75, 3.05) is 12.4 Å². The first-order valence-electron chi connectivity index (χ1n) is 8.72. The summed E-state index contributed by atoms with van der Waals surface area (Å²) < 4.78 is 5.08. The number of amides is 3. The molecule has 3 N–H and O–H groups in total. The topological polar surface area (TPSA) is 109 Å². The smallest absolute Gasteiger partial charge is 0.271 e. The maximum absolute atomic E-state index is 12.3. The summed E-state index contributed by atoms with van der Waals surface area (Å²) in [7, 11) is 1.57. The molecule has 1 aromatic carbocycles. The van der Waals surface area contributed by atoms with Gasteiger partial charge in [0, 0.05) is 30.9 Å². The maximum Gasteiger partial charge on any atom is 0.271 e. The van der Waals surface area contributed by atoms with Gasteiger partial charge in [-0.1, -0.05) is 13.8 Å². The highest BCUT2D eigenvalue weighted by molar-refractivity contribution is 5.95. The molecule has 0 atom stereocenters. The number of aromatic nitrogens is 1. The molecule has 8 nitrogen and oxygen atoms in total. The van der Waals surface area contributed by atoms with Crippen LogP contribution >= 0.6 is 0 Å². The summed E-state index contributed by atoms with van der Waals surface area (Å²) in [5.74, 6) is -0.360. The molecule has 0 aliphatic heterocycles. The molecule has 1 heterocycles. The fraction of sp³-hybridized carbons (Fsp3) is 0.300. The maximum atomic E-state index is 12.3. The molecule has 0 bridgehead atoms. The first kappa shape index (κ1) is 20.9. The zero-order chi connectivity index (χ0) is 20.6. The number of rotatable bonds is 7. The second-order valence-corrected chi connectivity index (χ2v) is 7.04. The molecule has 1 aromatic heterocycles. The summed E-state index contributed by atoms with van der Waals surface area (Å²) in [6.45, 7) is 3.62. The predicted octanol–water partition coefficient (Wildman–Crippen LogP) is 2.30. The lowest BCUT2D eigenvalue weighted by Gasteiger charge is -2.23. The number of nitrogens with one attached hydrogen (secondary N) is 3. The number of hydrogen-bond acceptors (Lipinski definition) is 5. The minimum Gasteiger partial charge on any atom is -0.497 e. The Balaban J connectivity index is 1.80. The zero-order valence-corrected chi connectivity index (χ0v) is 16.1. The van der Waals surface area contributed by atoms with E-state index in [-0.39, 0.29) is 24.7 Å². The van der Waals surface area contributed by atoms with Gasteiger partial charge in [0.15, 0.2) is 0 Å². The van der Waals surface area contributed by atoms with Crippen LogP contribution in [0.5, 0.6) is 5.75 Å². The van der Waals surface area contributed by atoms with Crippen LogP contribution in [0.25, 0.3) is 0 Å². The summed E-state index contributed by atoms with van der Waals surface area (Å²) in [6.07, 6.45) is 3.16. The Morgan fingerprint density at radius 2 is 1.68 bits per heavy atom. The average Bonchev–Trinajstić information content (AvgIpc) is 2.66. The Kier molecular flexibility index (Phi) is 7.08. The van der Waals surface area contributed by atoms with Crippen molar-refractivity contribution in [3.8, 4) is 5.75 Å². The van der Waals surface area contributed by atoms with E-state index in [0.717, 1.165) is 0 Å². The minimum atomic E-state index is -0.598. The summed E-state index contributed by atoms with van der Waals surface area (Å²) in [5.41, 5.74) is 5.08. The lowest BCUT2D eigenvalue weighted by Crippen LogP contribution is -2.43. The number of anilines is 1. The van der Waals surface area contributed by atoms with E-state index >= 15 is 0 Å². The van der Waals surface area contributed by atoms with Gasteiger partial charge in [-0.25, -0.2) is 0 Å². The molecule has 2 rings (SSSR count). The molecular weight excluding hydrogens is 360 g/mol. The van der Waals surface area contributed by atoms with Crippen LogP contribution in [0, 0.1) is 5.41 Å². The molecule has 2 aromatic rings. The van der Waals surface area contributed by atoms with E-state index < -0.39 is 11.3 Å². The second kappa shape index (κ2) is 9.50. The Hall–Kier alpha value is -3.42. The number of carbonyl (C=O) groups excluding carboxylic acids is 3. The molecule has 0 spiro atoms. The van der Waals surface area contributed by atoms with Gasteiger partial charge in [-0.15, -0.1) is 0 Å². The number of nitrogens with zero attached hydrogens (tertiary/aromatic N) is 1. The molecule has 0 saturated carbocycles. The van der Waals surface area contributed by atoms with Crippen molar-refractivity contribution in [3.63, 3.8) is 0 Å². The molecular formula is C20H24N4O4. The Bertz CT molecular complexity index is 820. The molecule has 0 radical (unpaired) electrons. The van der Waals surface area contributed by atoms with Crippen LogP contribution in [-0.2, 0) is 9.59 Å². The van der Waals surface area contributed by atoms with Crippen LogP contribution < -0.4 is 20.9 Å².